The smallest absolute Gasteiger partial charge is 0.269 e. The van der Waals surface area contributed by atoms with Crippen LogP contribution in [0.25, 0.3) is 0 Å². The minimum absolute atomic E-state index is 0.00204. The van der Waals surface area contributed by atoms with Crippen LogP contribution in [0.1, 0.15) is 42.6 Å². The quantitative estimate of drug-likeness (QED) is 0.831. The molecule has 0 bridgehead atoms. The van der Waals surface area contributed by atoms with Gasteiger partial charge in [0, 0.05) is 45.0 Å². The summed E-state index contributed by atoms with van der Waals surface area (Å²) in [6, 6.07) is 3.89. The molecule has 2 rings (SSSR count). The van der Waals surface area contributed by atoms with Crippen molar-refractivity contribution in [2.45, 2.75) is 38.1 Å². The van der Waals surface area contributed by atoms with Crippen molar-refractivity contribution < 1.29 is 9.59 Å². The highest BCUT2D eigenvalue weighted by molar-refractivity contribution is 5.93. The van der Waals surface area contributed by atoms with Gasteiger partial charge in [-0.3, -0.25) is 14.6 Å². The van der Waals surface area contributed by atoms with Crippen molar-refractivity contribution in [2.75, 3.05) is 25.5 Å². The third-order valence-electron chi connectivity index (χ3n) is 3.85. The topological polar surface area (TPSA) is 74.3 Å². The zero-order chi connectivity index (χ0) is 15.9. The van der Waals surface area contributed by atoms with E-state index < -0.39 is 0 Å². The van der Waals surface area contributed by atoms with Crippen LogP contribution in [0.3, 0.4) is 0 Å². The van der Waals surface area contributed by atoms with Crippen molar-refractivity contribution in [1.29, 1.82) is 0 Å². The van der Waals surface area contributed by atoms with Crippen LogP contribution in [0.4, 0.5) is 5.69 Å². The molecule has 0 unspecified atom stereocenters. The molecule has 6 nitrogen and oxygen atoms in total. The summed E-state index contributed by atoms with van der Waals surface area (Å²) in [5.41, 5.74) is 1.28. The Morgan fingerprint density at radius 3 is 2.73 bits per heavy atom. The molecule has 0 atom stereocenters. The molecule has 1 saturated carbocycles. The van der Waals surface area contributed by atoms with Gasteiger partial charge in [0.2, 0.25) is 5.91 Å². The number of carbonyl (C=O) groups is 2. The van der Waals surface area contributed by atoms with Crippen LogP contribution in [-0.2, 0) is 4.79 Å². The number of aromatic nitrogens is 1. The molecule has 0 aromatic carbocycles. The summed E-state index contributed by atoms with van der Waals surface area (Å²) >= 11 is 0. The maximum absolute atomic E-state index is 12.0. The van der Waals surface area contributed by atoms with Crippen LogP contribution in [0, 0.1) is 0 Å². The summed E-state index contributed by atoms with van der Waals surface area (Å²) in [4.78, 5) is 29.8. The summed E-state index contributed by atoms with van der Waals surface area (Å²) in [6.45, 7) is 0.325. The summed E-state index contributed by atoms with van der Waals surface area (Å²) in [5.74, 6) is -0.250. The first kappa shape index (κ1) is 16.3. The van der Waals surface area contributed by atoms with Crippen molar-refractivity contribution in [3.63, 3.8) is 0 Å². The minimum Gasteiger partial charge on any atom is -0.378 e. The molecule has 0 radical (unpaired) electrons. The lowest BCUT2D eigenvalue weighted by Gasteiger charge is -2.13. The number of nitrogens with zero attached hydrogens (tertiary/aromatic N) is 2. The molecule has 1 aliphatic rings. The predicted octanol–water partition coefficient (Wildman–Crippen LogP) is 1.33. The summed E-state index contributed by atoms with van der Waals surface area (Å²) in [6.07, 6.45) is 6.43. The van der Waals surface area contributed by atoms with Gasteiger partial charge in [-0.1, -0.05) is 12.8 Å². The summed E-state index contributed by atoms with van der Waals surface area (Å²) in [5, 5.41) is 5.74. The Kier molecular flexibility index (Phi) is 5.75. The Balaban J connectivity index is 1.75. The molecule has 1 aromatic heterocycles. The highest BCUT2D eigenvalue weighted by atomic mass is 16.2. The number of anilines is 1. The second-order valence-electron chi connectivity index (χ2n) is 5.85. The number of pyridine rings is 1. The molecule has 0 saturated heterocycles. The largest absolute Gasteiger partial charge is 0.378 e. The molecule has 0 spiro atoms. The maximum Gasteiger partial charge on any atom is 0.269 e. The third kappa shape index (κ3) is 4.72. The van der Waals surface area contributed by atoms with Gasteiger partial charge < -0.3 is 15.5 Å². The molecule has 1 heterocycles. The van der Waals surface area contributed by atoms with Crippen molar-refractivity contribution in [1.82, 2.24) is 15.6 Å². The Morgan fingerprint density at radius 2 is 2.05 bits per heavy atom. The third-order valence-corrected chi connectivity index (χ3v) is 3.85. The van der Waals surface area contributed by atoms with Gasteiger partial charge in [-0.05, 0) is 25.0 Å². The standard InChI is InChI=1S/C16H24N4O2/c1-20(2)13-7-9-17-14(11-13)16(22)18-10-8-15(21)19-12-5-3-4-6-12/h7,9,11-12H,3-6,8,10H2,1-2H3,(H,18,22)(H,19,21). The van der Waals surface area contributed by atoms with Crippen LogP contribution in [0.2, 0.25) is 0 Å². The highest BCUT2D eigenvalue weighted by Crippen LogP contribution is 2.17. The van der Waals surface area contributed by atoms with Crippen molar-refractivity contribution in [3.05, 3.63) is 24.0 Å². The van der Waals surface area contributed by atoms with E-state index in [2.05, 4.69) is 15.6 Å². The molecular weight excluding hydrogens is 280 g/mol. The van der Waals surface area contributed by atoms with Gasteiger partial charge in [0.25, 0.3) is 5.91 Å². The van der Waals surface area contributed by atoms with Gasteiger partial charge in [-0.15, -0.1) is 0 Å². The van der Waals surface area contributed by atoms with E-state index in [4.69, 9.17) is 0 Å². The van der Waals surface area contributed by atoms with Crippen LogP contribution < -0.4 is 15.5 Å². The number of rotatable bonds is 6. The monoisotopic (exact) mass is 304 g/mol. The van der Waals surface area contributed by atoms with Gasteiger partial charge in [0.15, 0.2) is 0 Å². The van der Waals surface area contributed by atoms with Gasteiger partial charge in [-0.25, -0.2) is 0 Å². The van der Waals surface area contributed by atoms with E-state index in [1.807, 2.05) is 25.1 Å². The average molecular weight is 304 g/mol. The van der Waals surface area contributed by atoms with Crippen molar-refractivity contribution in [2.24, 2.45) is 0 Å². The highest BCUT2D eigenvalue weighted by Gasteiger charge is 2.17. The summed E-state index contributed by atoms with van der Waals surface area (Å²) < 4.78 is 0. The van der Waals surface area contributed by atoms with Crippen LogP contribution in [0.5, 0.6) is 0 Å². The van der Waals surface area contributed by atoms with Gasteiger partial charge in [0.05, 0.1) is 0 Å². The normalized spacial score (nSPS) is 14.6. The van der Waals surface area contributed by atoms with Gasteiger partial charge >= 0.3 is 0 Å². The van der Waals surface area contributed by atoms with E-state index in [0.717, 1.165) is 18.5 Å². The minimum atomic E-state index is -0.252. The Bertz CT molecular complexity index is 525. The zero-order valence-corrected chi connectivity index (χ0v) is 13.3. The molecular formula is C16H24N4O2. The van der Waals surface area contributed by atoms with E-state index >= 15 is 0 Å². The van der Waals surface area contributed by atoms with Gasteiger partial charge in [0.1, 0.15) is 5.69 Å². The van der Waals surface area contributed by atoms with E-state index in [9.17, 15) is 9.59 Å². The number of hydrogen-bond donors (Lipinski definition) is 2. The second kappa shape index (κ2) is 7.77. The molecule has 0 aliphatic heterocycles. The molecule has 120 valence electrons. The molecule has 1 aliphatic carbocycles. The lowest BCUT2D eigenvalue weighted by atomic mass is 10.2. The number of nitrogens with one attached hydrogen (secondary N) is 2. The van der Waals surface area contributed by atoms with Crippen LogP contribution >= 0.6 is 0 Å². The van der Waals surface area contributed by atoms with Gasteiger partial charge in [-0.2, -0.15) is 0 Å². The fourth-order valence-corrected chi connectivity index (χ4v) is 2.57. The van der Waals surface area contributed by atoms with E-state index in [1.54, 1.807) is 12.3 Å². The van der Waals surface area contributed by atoms with Crippen molar-refractivity contribution in [3.8, 4) is 0 Å². The average Bonchev–Trinajstić information content (AvgIpc) is 3.00. The first-order valence-electron chi connectivity index (χ1n) is 7.77. The predicted molar refractivity (Wildman–Crippen MR) is 85.9 cm³/mol. The first-order chi connectivity index (χ1) is 10.6. The molecule has 1 aromatic rings. The van der Waals surface area contributed by atoms with E-state index in [1.165, 1.54) is 12.8 Å². The molecule has 22 heavy (non-hydrogen) atoms. The zero-order valence-electron chi connectivity index (χ0n) is 13.3. The van der Waals surface area contributed by atoms with Crippen LogP contribution in [-0.4, -0.2) is 43.5 Å². The molecule has 1 fully saturated rings. The first-order valence-corrected chi connectivity index (χ1v) is 7.77. The van der Waals surface area contributed by atoms with E-state index in [-0.39, 0.29) is 11.8 Å². The number of carbonyl (C=O) groups excluding carboxylic acids is 2. The summed E-state index contributed by atoms with van der Waals surface area (Å²) in [7, 11) is 3.81. The fraction of sp³-hybridized carbons (Fsp3) is 0.562. The number of hydrogen-bond acceptors (Lipinski definition) is 4. The molecule has 2 amide bonds. The maximum atomic E-state index is 12.0. The Morgan fingerprint density at radius 1 is 1.32 bits per heavy atom. The van der Waals surface area contributed by atoms with E-state index in [0.29, 0.717) is 24.7 Å². The van der Waals surface area contributed by atoms with Crippen LogP contribution in [0.15, 0.2) is 18.3 Å². The Hall–Kier alpha value is -2.11. The lowest BCUT2D eigenvalue weighted by molar-refractivity contribution is -0.121. The van der Waals surface area contributed by atoms with Crippen molar-refractivity contribution >= 4 is 17.5 Å². The fourth-order valence-electron chi connectivity index (χ4n) is 2.57. The molecule has 2 N–H and O–H groups in total. The lowest BCUT2D eigenvalue weighted by Crippen LogP contribution is -2.35. The number of amides is 2. The second-order valence-corrected chi connectivity index (χ2v) is 5.85. The Labute approximate surface area is 131 Å². The molecule has 6 heteroatoms. The SMILES string of the molecule is CN(C)c1ccnc(C(=O)NCCC(=O)NC2CCCC2)c1.